The summed E-state index contributed by atoms with van der Waals surface area (Å²) in [6.45, 7) is 13.9. The summed E-state index contributed by atoms with van der Waals surface area (Å²) in [6, 6.07) is -0.244. The van der Waals surface area contributed by atoms with Crippen molar-refractivity contribution in [3.63, 3.8) is 0 Å². The average molecular weight is 403 g/mol. The Hall–Kier alpha value is -0.540. The van der Waals surface area contributed by atoms with Crippen molar-refractivity contribution in [1.29, 1.82) is 0 Å². The minimum Gasteiger partial charge on any atom is -0.335 e. The van der Waals surface area contributed by atoms with E-state index in [1.165, 1.54) is 10.1 Å². The van der Waals surface area contributed by atoms with E-state index in [1.54, 1.807) is 0 Å². The van der Waals surface area contributed by atoms with Crippen molar-refractivity contribution in [2.75, 3.05) is 5.75 Å². The van der Waals surface area contributed by atoms with E-state index in [-0.39, 0.29) is 18.1 Å². The molecule has 7 nitrogen and oxygen atoms in total. The minimum atomic E-state index is -0.491. The van der Waals surface area contributed by atoms with Gasteiger partial charge < -0.3 is 21.0 Å². The number of carbonyl (C=O) groups excluding carboxylic acids is 1. The molecule has 0 spiro atoms. The summed E-state index contributed by atoms with van der Waals surface area (Å²) in [5.41, 5.74) is -1.75. The molecule has 2 atom stereocenters. The first-order chi connectivity index (χ1) is 12.1. The van der Waals surface area contributed by atoms with Crippen LogP contribution < -0.4 is 10.6 Å². The Morgan fingerprint density at radius 3 is 1.63 bits per heavy atom. The molecular weight excluding hydrogens is 364 g/mol. The highest BCUT2D eigenvalue weighted by Gasteiger charge is 2.48. The predicted octanol–water partition coefficient (Wildman–Crippen LogP) is 3.02. The normalized spacial score (nSPS) is 34.2. The van der Waals surface area contributed by atoms with Crippen LogP contribution in [0.25, 0.3) is 0 Å². The van der Waals surface area contributed by atoms with Crippen LogP contribution in [-0.2, 0) is 0 Å². The van der Waals surface area contributed by atoms with Crippen molar-refractivity contribution < 1.29 is 15.2 Å². The fourth-order valence-electron chi connectivity index (χ4n) is 5.13. The molecule has 0 bridgehead atoms. The molecule has 0 aromatic heterocycles. The van der Waals surface area contributed by atoms with Gasteiger partial charge in [-0.3, -0.25) is 0 Å². The van der Waals surface area contributed by atoms with Crippen LogP contribution >= 0.6 is 12.6 Å². The molecule has 0 aliphatic carbocycles. The molecule has 2 heterocycles. The van der Waals surface area contributed by atoms with Gasteiger partial charge in [-0.05, 0) is 74.1 Å². The largest absolute Gasteiger partial charge is 0.335 e. The molecule has 2 rings (SSSR count). The molecule has 0 saturated carbocycles. The van der Waals surface area contributed by atoms with Crippen molar-refractivity contribution >= 4 is 18.7 Å². The zero-order valence-electron chi connectivity index (χ0n) is 17.8. The Morgan fingerprint density at radius 1 is 0.852 bits per heavy atom. The van der Waals surface area contributed by atoms with Crippen LogP contribution in [0, 0.1) is 0 Å². The van der Waals surface area contributed by atoms with Gasteiger partial charge in [-0.15, -0.1) is 0 Å². The number of nitrogens with one attached hydrogen (secondary N) is 2. The van der Waals surface area contributed by atoms with Crippen LogP contribution in [0.3, 0.4) is 0 Å². The summed E-state index contributed by atoms with van der Waals surface area (Å²) in [6.07, 6.45) is 2.65. The fraction of sp³-hybridized carbons (Fsp3) is 0.947. The smallest absolute Gasteiger partial charge is 0.315 e. The summed E-state index contributed by atoms with van der Waals surface area (Å²) in [4.78, 5) is 12.7. The number of hydrogen-bond acceptors (Lipinski definition) is 6. The van der Waals surface area contributed by atoms with Crippen molar-refractivity contribution in [1.82, 2.24) is 20.8 Å². The predicted molar refractivity (Wildman–Crippen MR) is 109 cm³/mol. The van der Waals surface area contributed by atoms with Gasteiger partial charge in [-0.1, -0.05) is 0 Å². The lowest BCUT2D eigenvalue weighted by Gasteiger charge is -2.53. The van der Waals surface area contributed by atoms with Gasteiger partial charge in [0.05, 0.1) is 5.54 Å². The van der Waals surface area contributed by atoms with Crippen LogP contribution in [-0.4, -0.2) is 66.6 Å². The maximum atomic E-state index is 12.7. The molecule has 0 radical (unpaired) electrons. The number of rotatable bonds is 3. The number of hydroxylamine groups is 4. The topological polar surface area (TPSA) is 88.1 Å². The van der Waals surface area contributed by atoms with E-state index in [2.05, 4.69) is 23.3 Å². The molecule has 27 heavy (non-hydrogen) atoms. The van der Waals surface area contributed by atoms with Crippen LogP contribution in [0.2, 0.25) is 0 Å². The Bertz CT molecular complexity index is 551. The third-order valence-electron chi connectivity index (χ3n) is 6.17. The van der Waals surface area contributed by atoms with Crippen molar-refractivity contribution in [2.45, 2.75) is 108 Å². The zero-order chi connectivity index (χ0) is 20.8. The van der Waals surface area contributed by atoms with E-state index in [0.29, 0.717) is 31.4 Å². The van der Waals surface area contributed by atoms with Gasteiger partial charge in [0.1, 0.15) is 0 Å². The van der Waals surface area contributed by atoms with Crippen LogP contribution in [0.1, 0.15) is 74.1 Å². The third kappa shape index (κ3) is 4.72. The summed E-state index contributed by atoms with van der Waals surface area (Å²) >= 11 is 4.41. The van der Waals surface area contributed by atoms with E-state index in [1.807, 2.05) is 48.5 Å². The second kappa shape index (κ2) is 7.37. The first kappa shape index (κ1) is 22.7. The van der Waals surface area contributed by atoms with Crippen LogP contribution in [0.5, 0.6) is 0 Å². The molecule has 4 N–H and O–H groups in total. The van der Waals surface area contributed by atoms with Crippen molar-refractivity contribution in [3.8, 4) is 0 Å². The SMILES string of the molecule is CC1(C)CC(NC(=O)NC2CC(C)(C)N(O)C(C)(CS)C2)CC(C)(C)N1O. The molecule has 2 unspecified atom stereocenters. The Balaban J connectivity index is 2.01. The number of hydrogen-bond donors (Lipinski definition) is 5. The highest BCUT2D eigenvalue weighted by molar-refractivity contribution is 7.80. The van der Waals surface area contributed by atoms with Crippen LogP contribution in [0.15, 0.2) is 0 Å². The summed E-state index contributed by atoms with van der Waals surface area (Å²) in [5.74, 6) is 0.504. The lowest BCUT2D eigenvalue weighted by atomic mass is 9.78. The van der Waals surface area contributed by atoms with Gasteiger partial charge in [0, 0.05) is 34.5 Å². The number of nitrogens with zero attached hydrogens (tertiary/aromatic N) is 2. The number of thiol groups is 1. The van der Waals surface area contributed by atoms with Gasteiger partial charge in [-0.2, -0.15) is 22.8 Å². The van der Waals surface area contributed by atoms with Gasteiger partial charge in [0.15, 0.2) is 0 Å². The van der Waals surface area contributed by atoms with E-state index in [0.717, 1.165) is 0 Å². The molecule has 8 heteroatoms. The van der Waals surface area contributed by atoms with E-state index < -0.39 is 22.2 Å². The van der Waals surface area contributed by atoms with Gasteiger partial charge >= 0.3 is 6.03 Å². The maximum absolute atomic E-state index is 12.7. The molecule has 0 aromatic rings. The Morgan fingerprint density at radius 2 is 1.22 bits per heavy atom. The second-order valence-electron chi connectivity index (χ2n) is 10.5. The molecule has 2 saturated heterocycles. The van der Waals surface area contributed by atoms with E-state index in [4.69, 9.17) is 0 Å². The third-order valence-corrected chi connectivity index (χ3v) is 6.85. The molecule has 2 aliphatic heterocycles. The number of carbonyl (C=O) groups is 1. The summed E-state index contributed by atoms with van der Waals surface area (Å²) < 4.78 is 0. The highest BCUT2D eigenvalue weighted by Crippen LogP contribution is 2.38. The molecule has 2 fully saturated rings. The summed E-state index contributed by atoms with van der Waals surface area (Å²) in [7, 11) is 0. The minimum absolute atomic E-state index is 0.0133. The number of amides is 2. The number of piperidine rings is 2. The lowest BCUT2D eigenvalue weighted by molar-refractivity contribution is -0.245. The molecule has 2 aliphatic rings. The van der Waals surface area contributed by atoms with Crippen LogP contribution in [0.4, 0.5) is 4.79 Å². The highest BCUT2D eigenvalue weighted by atomic mass is 32.1. The monoisotopic (exact) mass is 402 g/mol. The average Bonchev–Trinajstić information content (AvgIpc) is 2.49. The van der Waals surface area contributed by atoms with Crippen molar-refractivity contribution in [3.05, 3.63) is 0 Å². The zero-order valence-corrected chi connectivity index (χ0v) is 18.7. The van der Waals surface area contributed by atoms with Gasteiger partial charge in [-0.25, -0.2) is 4.79 Å². The fourth-order valence-corrected chi connectivity index (χ4v) is 5.39. The Kier molecular flexibility index (Phi) is 6.21. The second-order valence-corrected chi connectivity index (χ2v) is 10.9. The van der Waals surface area contributed by atoms with Crippen molar-refractivity contribution in [2.24, 2.45) is 0 Å². The maximum Gasteiger partial charge on any atom is 0.315 e. The summed E-state index contributed by atoms with van der Waals surface area (Å²) in [5, 5.41) is 30.0. The Labute approximate surface area is 169 Å². The number of urea groups is 1. The first-order valence-electron chi connectivity index (χ1n) is 9.79. The first-order valence-corrected chi connectivity index (χ1v) is 10.4. The van der Waals surface area contributed by atoms with Gasteiger partial charge in [0.2, 0.25) is 0 Å². The quantitative estimate of drug-likeness (QED) is 0.469. The molecule has 0 aromatic carbocycles. The van der Waals surface area contributed by atoms with E-state index >= 15 is 0 Å². The molecule has 158 valence electrons. The lowest BCUT2D eigenvalue weighted by Crippen LogP contribution is -2.66. The molecular formula is C19H38N4O3S. The molecule has 2 amide bonds. The van der Waals surface area contributed by atoms with E-state index in [9.17, 15) is 15.2 Å². The standard InChI is InChI=1S/C19H38N4O3S/c1-16(2)8-13(9-17(3,4)22(16)25)20-15(24)21-14-10-18(5,6)23(26)19(7,11-14)12-27/h13-14,25-27H,8-12H2,1-7H3,(H2,20,21,24). The van der Waals surface area contributed by atoms with Gasteiger partial charge in [0.25, 0.3) is 0 Å².